The van der Waals surface area contributed by atoms with Gasteiger partial charge < -0.3 is 4.74 Å². The Balaban J connectivity index is 2.77. The second kappa shape index (κ2) is 6.65. The van der Waals surface area contributed by atoms with Crippen LogP contribution in [-0.2, 0) is 4.74 Å². The van der Waals surface area contributed by atoms with Gasteiger partial charge in [0.05, 0.1) is 5.33 Å². The van der Waals surface area contributed by atoms with Gasteiger partial charge in [0, 0.05) is 5.56 Å². The van der Waals surface area contributed by atoms with Crippen molar-refractivity contribution in [2.75, 3.05) is 5.33 Å². The topological polar surface area (TPSA) is 35.5 Å². The minimum atomic E-state index is -5.57. The van der Waals surface area contributed by atoms with E-state index in [1.807, 2.05) is 0 Å². The minimum absolute atomic E-state index is 0.00462. The van der Waals surface area contributed by atoms with Gasteiger partial charge in [0.25, 0.3) is 0 Å². The van der Waals surface area contributed by atoms with Crippen LogP contribution in [0.3, 0.4) is 0 Å². The van der Waals surface area contributed by atoms with Crippen LogP contribution in [0.4, 0.5) is 26.3 Å². The molecule has 118 valence electrons. The maximum Gasteiger partial charge on any atom is 0.525 e. The predicted molar refractivity (Wildman–Crippen MR) is 62.2 cm³/mol. The largest absolute Gasteiger partial charge is 0.525 e. The normalized spacial score (nSPS) is 13.9. The Bertz CT molecular complexity index is 488. The first-order valence-electron chi connectivity index (χ1n) is 5.20. The van der Waals surface area contributed by atoms with E-state index in [-0.39, 0.29) is 16.7 Å². The van der Waals surface area contributed by atoms with Crippen molar-refractivity contribution >= 4 is 21.7 Å². The smallest absolute Gasteiger partial charge is 0.429 e. The molecule has 0 heterocycles. The fourth-order valence-corrected chi connectivity index (χ4v) is 1.50. The van der Waals surface area contributed by atoms with Gasteiger partial charge in [-0.3, -0.25) is 4.79 Å². The maximum absolute atomic E-state index is 13.1. The van der Waals surface area contributed by atoms with Crippen molar-refractivity contribution in [3.8, 4) is 5.75 Å². The van der Waals surface area contributed by atoms with Crippen LogP contribution in [0.15, 0.2) is 24.3 Å². The second-order valence-electron chi connectivity index (χ2n) is 3.62. The molecule has 1 atom stereocenters. The Morgan fingerprint density at radius 2 is 1.67 bits per heavy atom. The quantitative estimate of drug-likeness (QED) is 0.424. The molecule has 0 radical (unpaired) electrons. The number of ether oxygens (including phenoxy) is 2. The van der Waals surface area contributed by atoms with Gasteiger partial charge in [-0.25, -0.2) is 9.13 Å². The lowest BCUT2D eigenvalue weighted by Gasteiger charge is -2.22. The maximum atomic E-state index is 13.1. The molecule has 0 saturated heterocycles. The van der Waals surface area contributed by atoms with Crippen molar-refractivity contribution in [2.45, 2.75) is 18.8 Å². The number of ketones is 1. The molecule has 0 aliphatic carbocycles. The molecule has 0 aromatic heterocycles. The average molecular weight is 381 g/mol. The summed E-state index contributed by atoms with van der Waals surface area (Å²) < 4.78 is 80.2. The first-order valence-corrected chi connectivity index (χ1v) is 6.32. The summed E-state index contributed by atoms with van der Waals surface area (Å²) in [6.45, 7) is 0. The summed E-state index contributed by atoms with van der Waals surface area (Å²) in [6, 6.07) is 3.99. The minimum Gasteiger partial charge on any atom is -0.429 e. The molecule has 1 aromatic rings. The Labute approximate surface area is 123 Å². The van der Waals surface area contributed by atoms with Crippen LogP contribution < -0.4 is 4.74 Å². The van der Waals surface area contributed by atoms with Crippen LogP contribution in [0, 0.1) is 0 Å². The van der Waals surface area contributed by atoms with E-state index in [2.05, 4.69) is 25.4 Å². The average Bonchev–Trinajstić information content (AvgIpc) is 2.36. The zero-order valence-corrected chi connectivity index (χ0v) is 11.6. The zero-order valence-electron chi connectivity index (χ0n) is 9.96. The highest BCUT2D eigenvalue weighted by molar-refractivity contribution is 9.09. The molecule has 21 heavy (non-hydrogen) atoms. The fourth-order valence-electron chi connectivity index (χ4n) is 1.18. The fraction of sp³-hybridized carbons (Fsp3) is 0.364. The van der Waals surface area contributed by atoms with Crippen molar-refractivity contribution in [3.63, 3.8) is 0 Å². The van der Waals surface area contributed by atoms with E-state index in [1.165, 1.54) is 0 Å². The Kier molecular flexibility index (Phi) is 5.62. The molecule has 0 fully saturated rings. The SMILES string of the molecule is O=C(CBr)c1ccc(OC(F)(F)[C@H](F)OC(F)(F)F)cc1. The highest BCUT2D eigenvalue weighted by atomic mass is 79.9. The lowest BCUT2D eigenvalue weighted by Crippen LogP contribution is -2.41. The van der Waals surface area contributed by atoms with E-state index in [0.29, 0.717) is 0 Å². The van der Waals surface area contributed by atoms with Crippen LogP contribution in [0.2, 0.25) is 0 Å². The van der Waals surface area contributed by atoms with Crippen molar-refractivity contribution in [1.82, 2.24) is 0 Å². The summed E-state index contributed by atoms with van der Waals surface area (Å²) in [5.74, 6) is -0.975. The van der Waals surface area contributed by atoms with Gasteiger partial charge in [-0.15, -0.1) is 13.2 Å². The van der Waals surface area contributed by atoms with E-state index in [9.17, 15) is 31.1 Å². The third kappa shape index (κ3) is 5.54. The molecular weight excluding hydrogens is 374 g/mol. The first kappa shape index (κ1) is 17.8. The number of carbonyl (C=O) groups is 1. The molecule has 0 bridgehead atoms. The van der Waals surface area contributed by atoms with Gasteiger partial charge in [0.2, 0.25) is 0 Å². The molecule has 0 saturated carbocycles. The third-order valence-corrected chi connectivity index (χ3v) is 2.56. The van der Waals surface area contributed by atoms with Crippen LogP contribution in [0.25, 0.3) is 0 Å². The van der Waals surface area contributed by atoms with Crippen molar-refractivity contribution in [3.05, 3.63) is 29.8 Å². The summed E-state index contributed by atoms with van der Waals surface area (Å²) >= 11 is 2.89. The Morgan fingerprint density at radius 3 is 2.10 bits per heavy atom. The standard InChI is InChI=1S/C11H7BrF6O3/c12-5-8(19)6-1-3-7(4-2-6)20-10(14,15)9(13)21-11(16,17)18/h1-4,9H,5H2/t9-/m1/s1. The summed E-state index contributed by atoms with van der Waals surface area (Å²) in [6.07, 6.45) is -14.4. The first-order chi connectivity index (χ1) is 9.55. The van der Waals surface area contributed by atoms with Gasteiger partial charge >= 0.3 is 18.8 Å². The number of hydrogen-bond donors (Lipinski definition) is 0. The number of halogens is 7. The molecule has 0 aliphatic heterocycles. The summed E-state index contributed by atoms with van der Waals surface area (Å²) in [5.41, 5.74) is 0.158. The van der Waals surface area contributed by atoms with E-state index >= 15 is 0 Å². The zero-order chi connectivity index (χ0) is 16.3. The number of carbonyl (C=O) groups excluding carboxylic acids is 1. The van der Waals surface area contributed by atoms with Crippen molar-refractivity contribution in [2.24, 2.45) is 0 Å². The second-order valence-corrected chi connectivity index (χ2v) is 4.19. The van der Waals surface area contributed by atoms with E-state index < -0.39 is 24.6 Å². The summed E-state index contributed by atoms with van der Waals surface area (Å²) in [4.78, 5) is 11.2. The van der Waals surface area contributed by atoms with Crippen LogP contribution in [0.5, 0.6) is 5.75 Å². The number of Topliss-reactive ketones (excluding diaryl/α,β-unsaturated/α-hetero) is 1. The number of rotatable bonds is 6. The molecule has 0 spiro atoms. The molecule has 1 aromatic carbocycles. The van der Waals surface area contributed by atoms with E-state index in [4.69, 9.17) is 0 Å². The monoisotopic (exact) mass is 380 g/mol. The molecule has 0 N–H and O–H groups in total. The predicted octanol–water partition coefficient (Wildman–Crippen LogP) is 4.07. The lowest BCUT2D eigenvalue weighted by atomic mass is 10.1. The van der Waals surface area contributed by atoms with Crippen molar-refractivity contribution < 1.29 is 40.6 Å². The molecule has 3 nitrogen and oxygen atoms in total. The van der Waals surface area contributed by atoms with Gasteiger partial charge in [0.15, 0.2) is 5.78 Å². The highest BCUT2D eigenvalue weighted by Gasteiger charge is 2.50. The molecule has 0 unspecified atom stereocenters. The van der Waals surface area contributed by atoms with Gasteiger partial charge in [-0.2, -0.15) is 8.78 Å². The third-order valence-electron chi connectivity index (χ3n) is 2.05. The highest BCUT2D eigenvalue weighted by Crippen LogP contribution is 2.31. The van der Waals surface area contributed by atoms with Crippen LogP contribution in [-0.4, -0.2) is 29.9 Å². The van der Waals surface area contributed by atoms with Gasteiger partial charge in [-0.1, -0.05) is 15.9 Å². The molecular formula is C11H7BrF6O3. The van der Waals surface area contributed by atoms with E-state index in [1.54, 1.807) is 0 Å². The molecule has 10 heteroatoms. The lowest BCUT2D eigenvalue weighted by molar-refractivity contribution is -0.411. The van der Waals surface area contributed by atoms with Gasteiger partial charge in [-0.05, 0) is 24.3 Å². The molecule has 1 rings (SSSR count). The van der Waals surface area contributed by atoms with Crippen LogP contribution >= 0.6 is 15.9 Å². The molecule has 0 aliphatic rings. The number of alkyl halides is 7. The van der Waals surface area contributed by atoms with Gasteiger partial charge in [0.1, 0.15) is 5.75 Å². The van der Waals surface area contributed by atoms with Crippen molar-refractivity contribution in [1.29, 1.82) is 0 Å². The Morgan fingerprint density at radius 1 is 1.14 bits per heavy atom. The molecule has 0 amide bonds. The summed E-state index contributed by atoms with van der Waals surface area (Å²) in [7, 11) is 0. The van der Waals surface area contributed by atoms with Crippen LogP contribution in [0.1, 0.15) is 10.4 Å². The summed E-state index contributed by atoms with van der Waals surface area (Å²) in [5, 5.41) is -0.00462. The number of benzene rings is 1. The van der Waals surface area contributed by atoms with E-state index in [0.717, 1.165) is 24.3 Å². The Hall–Kier alpha value is -1.29. The number of hydrogen-bond acceptors (Lipinski definition) is 3.